The molecule has 0 fully saturated rings. The van der Waals surface area contributed by atoms with Crippen LogP contribution in [-0.4, -0.2) is 10.8 Å². The fourth-order valence-electron chi connectivity index (χ4n) is 2.82. The Morgan fingerprint density at radius 2 is 1.70 bits per heavy atom. The lowest BCUT2D eigenvalue weighted by Crippen LogP contribution is -2.27. The third-order valence-corrected chi connectivity index (χ3v) is 3.91. The number of hydrogen-bond donors (Lipinski definition) is 0. The fourth-order valence-corrected chi connectivity index (χ4v) is 2.82. The van der Waals surface area contributed by atoms with Gasteiger partial charge in [-0.15, -0.1) is 0 Å². The summed E-state index contributed by atoms with van der Waals surface area (Å²) in [5.74, 6) is 0.221. The van der Waals surface area contributed by atoms with Crippen LogP contribution in [0.15, 0.2) is 36.4 Å². The second-order valence-corrected chi connectivity index (χ2v) is 6.50. The molecule has 0 N–H and O–H groups in total. The molecule has 1 heterocycles. The molecule has 0 amide bonds. The Morgan fingerprint density at radius 1 is 1.00 bits per heavy atom. The number of hydrogen-bond acceptors (Lipinski definition) is 2. The van der Waals surface area contributed by atoms with Gasteiger partial charge in [0.05, 0.1) is 11.4 Å². The Labute approximate surface area is 119 Å². The number of Topliss-reactive ketones (excluding diaryl/α,β-unsaturated/α-hetero) is 1. The second-order valence-electron chi connectivity index (χ2n) is 6.50. The van der Waals surface area contributed by atoms with Gasteiger partial charge in [-0.25, -0.2) is 0 Å². The summed E-state index contributed by atoms with van der Waals surface area (Å²) in [5.41, 5.74) is 5.07. The third kappa shape index (κ3) is 2.38. The summed E-state index contributed by atoms with van der Waals surface area (Å²) in [6, 6.07) is 12.2. The van der Waals surface area contributed by atoms with E-state index in [1.54, 1.807) is 0 Å². The SMILES string of the molecule is Cc1ccc(-c2ccc3c(n2)CC(C)(C)CC3=O)cc1. The summed E-state index contributed by atoms with van der Waals surface area (Å²) < 4.78 is 0. The van der Waals surface area contributed by atoms with Crippen LogP contribution in [-0.2, 0) is 6.42 Å². The number of ketones is 1. The molecule has 2 aromatic rings. The number of nitrogens with zero attached hydrogens (tertiary/aromatic N) is 1. The van der Waals surface area contributed by atoms with Crippen molar-refractivity contribution < 1.29 is 4.79 Å². The van der Waals surface area contributed by atoms with E-state index in [2.05, 4.69) is 45.0 Å². The summed E-state index contributed by atoms with van der Waals surface area (Å²) in [6.45, 7) is 6.34. The van der Waals surface area contributed by atoms with Gasteiger partial charge in [0.1, 0.15) is 0 Å². The molecule has 0 bridgehead atoms. The summed E-state index contributed by atoms with van der Waals surface area (Å²) >= 11 is 0. The van der Waals surface area contributed by atoms with Gasteiger partial charge in [-0.2, -0.15) is 0 Å². The van der Waals surface area contributed by atoms with Gasteiger partial charge in [0.15, 0.2) is 5.78 Å². The van der Waals surface area contributed by atoms with E-state index in [0.717, 1.165) is 28.9 Å². The third-order valence-electron chi connectivity index (χ3n) is 3.91. The van der Waals surface area contributed by atoms with Gasteiger partial charge in [0.2, 0.25) is 0 Å². The summed E-state index contributed by atoms with van der Waals surface area (Å²) in [7, 11) is 0. The lowest BCUT2D eigenvalue weighted by atomic mass is 9.75. The highest BCUT2D eigenvalue weighted by Gasteiger charge is 2.31. The monoisotopic (exact) mass is 265 g/mol. The molecule has 0 saturated heterocycles. The van der Waals surface area contributed by atoms with Crippen LogP contribution in [0.25, 0.3) is 11.3 Å². The van der Waals surface area contributed by atoms with Crippen molar-refractivity contribution in [3.63, 3.8) is 0 Å². The number of aryl methyl sites for hydroxylation is 1. The molecule has 3 rings (SSSR count). The maximum Gasteiger partial charge on any atom is 0.165 e. The van der Waals surface area contributed by atoms with E-state index in [4.69, 9.17) is 4.98 Å². The van der Waals surface area contributed by atoms with E-state index in [-0.39, 0.29) is 11.2 Å². The first-order chi connectivity index (χ1) is 9.44. The fraction of sp³-hybridized carbons (Fsp3) is 0.333. The smallest absolute Gasteiger partial charge is 0.165 e. The van der Waals surface area contributed by atoms with Crippen LogP contribution in [0.4, 0.5) is 0 Å². The van der Waals surface area contributed by atoms with Gasteiger partial charge in [0, 0.05) is 17.5 Å². The molecule has 2 heteroatoms. The summed E-state index contributed by atoms with van der Waals surface area (Å²) in [6.07, 6.45) is 1.49. The molecule has 1 aromatic carbocycles. The predicted molar refractivity (Wildman–Crippen MR) is 80.8 cm³/mol. The first-order valence-electron chi connectivity index (χ1n) is 7.05. The Morgan fingerprint density at radius 3 is 2.40 bits per heavy atom. The molecule has 1 aromatic heterocycles. The van der Waals surface area contributed by atoms with E-state index in [0.29, 0.717) is 6.42 Å². The van der Waals surface area contributed by atoms with Crippen LogP contribution in [0.5, 0.6) is 0 Å². The van der Waals surface area contributed by atoms with Crippen LogP contribution in [0.2, 0.25) is 0 Å². The zero-order chi connectivity index (χ0) is 14.3. The summed E-state index contributed by atoms with van der Waals surface area (Å²) in [5, 5.41) is 0. The standard InChI is InChI=1S/C18H19NO/c1-12-4-6-13(7-5-12)15-9-8-14-16(19-15)10-18(2,3)11-17(14)20/h4-9H,10-11H2,1-3H3. The quantitative estimate of drug-likeness (QED) is 0.773. The Bertz CT molecular complexity index is 668. The zero-order valence-corrected chi connectivity index (χ0v) is 12.2. The predicted octanol–water partition coefficient (Wildman–Crippen LogP) is 4.21. The minimum absolute atomic E-state index is 0.0168. The van der Waals surface area contributed by atoms with Gasteiger partial charge < -0.3 is 0 Å². The molecule has 0 unspecified atom stereocenters. The van der Waals surface area contributed by atoms with Crippen molar-refractivity contribution in [2.45, 2.75) is 33.6 Å². The lowest BCUT2D eigenvalue weighted by molar-refractivity contribution is 0.0910. The van der Waals surface area contributed by atoms with Crippen molar-refractivity contribution in [1.29, 1.82) is 0 Å². The minimum atomic E-state index is 0.0168. The van der Waals surface area contributed by atoms with Crippen molar-refractivity contribution in [2.75, 3.05) is 0 Å². The highest BCUT2D eigenvalue weighted by Crippen LogP contribution is 2.34. The first kappa shape index (κ1) is 13.0. The van der Waals surface area contributed by atoms with E-state index >= 15 is 0 Å². The average molecular weight is 265 g/mol. The molecule has 0 saturated carbocycles. The van der Waals surface area contributed by atoms with E-state index in [9.17, 15) is 4.79 Å². The van der Waals surface area contributed by atoms with E-state index in [1.165, 1.54) is 5.56 Å². The molecular weight excluding hydrogens is 246 g/mol. The normalized spacial score (nSPS) is 16.9. The van der Waals surface area contributed by atoms with Crippen molar-refractivity contribution in [3.8, 4) is 11.3 Å². The van der Waals surface area contributed by atoms with Crippen LogP contribution >= 0.6 is 0 Å². The number of pyridine rings is 1. The number of carbonyl (C=O) groups excluding carboxylic acids is 1. The molecule has 0 aliphatic heterocycles. The summed E-state index contributed by atoms with van der Waals surface area (Å²) in [4.78, 5) is 16.9. The highest BCUT2D eigenvalue weighted by atomic mass is 16.1. The average Bonchev–Trinajstić information content (AvgIpc) is 2.37. The van der Waals surface area contributed by atoms with E-state index in [1.807, 2.05) is 12.1 Å². The van der Waals surface area contributed by atoms with Crippen LogP contribution < -0.4 is 0 Å². The largest absolute Gasteiger partial charge is 0.294 e. The number of carbonyl (C=O) groups is 1. The second kappa shape index (κ2) is 4.55. The molecule has 1 aliphatic carbocycles. The van der Waals surface area contributed by atoms with Gasteiger partial charge >= 0.3 is 0 Å². The maximum atomic E-state index is 12.2. The van der Waals surface area contributed by atoms with Crippen molar-refractivity contribution in [3.05, 3.63) is 53.2 Å². The molecular formula is C18H19NO. The van der Waals surface area contributed by atoms with Crippen LogP contribution in [0, 0.1) is 12.3 Å². The van der Waals surface area contributed by atoms with E-state index < -0.39 is 0 Å². The lowest BCUT2D eigenvalue weighted by Gasteiger charge is -2.29. The topological polar surface area (TPSA) is 30.0 Å². The number of benzene rings is 1. The highest BCUT2D eigenvalue weighted by molar-refractivity contribution is 5.98. The van der Waals surface area contributed by atoms with Crippen LogP contribution in [0.3, 0.4) is 0 Å². The van der Waals surface area contributed by atoms with Gasteiger partial charge in [-0.3, -0.25) is 9.78 Å². The van der Waals surface area contributed by atoms with Crippen molar-refractivity contribution in [1.82, 2.24) is 4.98 Å². The minimum Gasteiger partial charge on any atom is -0.294 e. The molecule has 0 spiro atoms. The Kier molecular flexibility index (Phi) is 2.97. The van der Waals surface area contributed by atoms with Gasteiger partial charge in [0.25, 0.3) is 0 Å². The molecule has 102 valence electrons. The first-order valence-corrected chi connectivity index (χ1v) is 7.05. The Balaban J connectivity index is 2.05. The number of fused-ring (bicyclic) bond motifs is 1. The van der Waals surface area contributed by atoms with Crippen LogP contribution in [0.1, 0.15) is 41.9 Å². The van der Waals surface area contributed by atoms with Crippen molar-refractivity contribution in [2.24, 2.45) is 5.41 Å². The van der Waals surface area contributed by atoms with Gasteiger partial charge in [-0.1, -0.05) is 43.7 Å². The molecule has 2 nitrogen and oxygen atoms in total. The van der Waals surface area contributed by atoms with Crippen molar-refractivity contribution >= 4 is 5.78 Å². The number of rotatable bonds is 1. The molecule has 1 aliphatic rings. The maximum absolute atomic E-state index is 12.2. The molecule has 0 atom stereocenters. The zero-order valence-electron chi connectivity index (χ0n) is 12.2. The molecule has 0 radical (unpaired) electrons. The van der Waals surface area contributed by atoms with Gasteiger partial charge in [-0.05, 0) is 30.9 Å². The molecule has 20 heavy (non-hydrogen) atoms. The Hall–Kier alpha value is -1.96. The number of aromatic nitrogens is 1.